The monoisotopic (exact) mass is 343 g/mol. The van der Waals surface area contributed by atoms with Crippen molar-refractivity contribution >= 4 is 11.7 Å². The highest BCUT2D eigenvalue weighted by atomic mass is 16.5. The Hall–Kier alpha value is -2.39. The quantitative estimate of drug-likeness (QED) is 0.805. The van der Waals surface area contributed by atoms with Crippen LogP contribution in [0.1, 0.15) is 12.8 Å². The summed E-state index contributed by atoms with van der Waals surface area (Å²) in [6, 6.07) is 5.41. The van der Waals surface area contributed by atoms with Crippen molar-refractivity contribution in [1.29, 1.82) is 0 Å². The lowest BCUT2D eigenvalue weighted by atomic mass is 9.76. The summed E-state index contributed by atoms with van der Waals surface area (Å²) in [5.74, 6) is 5.12. The highest BCUT2D eigenvalue weighted by Crippen LogP contribution is 2.35. The number of amides is 2. The molecule has 3 heterocycles. The average Bonchev–Trinajstić information content (AvgIpc) is 2.66. The van der Waals surface area contributed by atoms with Gasteiger partial charge >= 0.3 is 6.03 Å². The minimum Gasteiger partial charge on any atom is -0.497 e. The third kappa shape index (κ3) is 3.99. The zero-order valence-electron chi connectivity index (χ0n) is 14.7. The third-order valence-corrected chi connectivity index (χ3v) is 5.20. The molecule has 2 bridgehead atoms. The molecule has 134 valence electrons. The molecule has 6 nitrogen and oxygen atoms in total. The number of piperidine rings is 3. The Balaban J connectivity index is 1.53. The lowest BCUT2D eigenvalue weighted by Gasteiger charge is -2.48. The van der Waals surface area contributed by atoms with E-state index in [-0.39, 0.29) is 6.03 Å². The van der Waals surface area contributed by atoms with E-state index in [1.54, 1.807) is 32.4 Å². The van der Waals surface area contributed by atoms with E-state index in [1.165, 1.54) is 6.42 Å². The minimum atomic E-state index is -0.230. The predicted octanol–water partition coefficient (Wildman–Crippen LogP) is 2.17. The first-order valence-corrected chi connectivity index (χ1v) is 8.61. The molecule has 4 atom stereocenters. The molecule has 2 N–H and O–H groups in total. The molecule has 1 aromatic rings. The Morgan fingerprint density at radius 1 is 1.32 bits per heavy atom. The van der Waals surface area contributed by atoms with Crippen LogP contribution in [0, 0.1) is 24.2 Å². The number of fused-ring (bicyclic) bond motifs is 3. The Bertz CT molecular complexity index is 648. The Morgan fingerprint density at radius 3 is 2.60 bits per heavy atom. The summed E-state index contributed by atoms with van der Waals surface area (Å²) in [6.45, 7) is 2.65. The SMILES string of the molecule is C#CC1CN2CCC1CC2CNC(=O)Nc1cc(OC)cc(OC)c1. The van der Waals surface area contributed by atoms with Crippen LogP contribution in [-0.4, -0.2) is 50.8 Å². The fraction of sp³-hybridized carbons (Fsp3) is 0.526. The van der Waals surface area contributed by atoms with Gasteiger partial charge in [-0.1, -0.05) is 0 Å². The molecule has 0 aliphatic carbocycles. The van der Waals surface area contributed by atoms with Gasteiger partial charge in [0.15, 0.2) is 0 Å². The van der Waals surface area contributed by atoms with E-state index in [9.17, 15) is 4.79 Å². The topological polar surface area (TPSA) is 62.8 Å². The Kier molecular flexibility index (Phi) is 5.34. The zero-order chi connectivity index (χ0) is 17.8. The van der Waals surface area contributed by atoms with Gasteiger partial charge in [-0.2, -0.15) is 0 Å². The number of carbonyl (C=O) groups is 1. The Morgan fingerprint density at radius 2 is 2.04 bits per heavy atom. The maximum Gasteiger partial charge on any atom is 0.319 e. The molecule has 2 amide bonds. The van der Waals surface area contributed by atoms with Gasteiger partial charge in [0, 0.05) is 48.9 Å². The van der Waals surface area contributed by atoms with Crippen LogP contribution >= 0.6 is 0 Å². The van der Waals surface area contributed by atoms with Gasteiger partial charge in [-0.25, -0.2) is 4.79 Å². The van der Waals surface area contributed by atoms with Gasteiger partial charge in [0.1, 0.15) is 11.5 Å². The van der Waals surface area contributed by atoms with Crippen LogP contribution in [0.3, 0.4) is 0 Å². The second kappa shape index (κ2) is 7.66. The van der Waals surface area contributed by atoms with E-state index < -0.39 is 0 Å². The van der Waals surface area contributed by atoms with Gasteiger partial charge in [-0.3, -0.25) is 4.90 Å². The van der Waals surface area contributed by atoms with E-state index in [0.29, 0.717) is 41.6 Å². The van der Waals surface area contributed by atoms with Crippen LogP contribution < -0.4 is 20.1 Å². The summed E-state index contributed by atoms with van der Waals surface area (Å²) in [4.78, 5) is 14.6. The molecule has 1 aromatic carbocycles. The highest BCUT2D eigenvalue weighted by molar-refractivity contribution is 5.89. The summed E-state index contributed by atoms with van der Waals surface area (Å²) < 4.78 is 10.4. The first-order valence-electron chi connectivity index (χ1n) is 8.61. The number of hydrogen-bond acceptors (Lipinski definition) is 4. The van der Waals surface area contributed by atoms with Crippen LogP contribution in [-0.2, 0) is 0 Å². The molecule has 0 radical (unpaired) electrons. The highest BCUT2D eigenvalue weighted by Gasteiger charge is 2.39. The molecule has 0 spiro atoms. The van der Waals surface area contributed by atoms with Crippen molar-refractivity contribution in [2.24, 2.45) is 11.8 Å². The fourth-order valence-electron chi connectivity index (χ4n) is 3.80. The molecule has 3 fully saturated rings. The fourth-order valence-corrected chi connectivity index (χ4v) is 3.80. The number of nitrogens with one attached hydrogen (secondary N) is 2. The van der Waals surface area contributed by atoms with Crippen molar-refractivity contribution in [1.82, 2.24) is 10.2 Å². The maximum absolute atomic E-state index is 12.2. The van der Waals surface area contributed by atoms with Gasteiger partial charge < -0.3 is 20.1 Å². The van der Waals surface area contributed by atoms with Crippen LogP contribution in [0.15, 0.2) is 18.2 Å². The van der Waals surface area contributed by atoms with E-state index in [2.05, 4.69) is 21.5 Å². The van der Waals surface area contributed by atoms with Crippen molar-refractivity contribution < 1.29 is 14.3 Å². The zero-order valence-corrected chi connectivity index (χ0v) is 14.7. The average molecular weight is 343 g/mol. The van der Waals surface area contributed by atoms with Crippen molar-refractivity contribution in [3.05, 3.63) is 18.2 Å². The summed E-state index contributed by atoms with van der Waals surface area (Å²) >= 11 is 0. The van der Waals surface area contributed by atoms with Crippen LogP contribution in [0.2, 0.25) is 0 Å². The smallest absolute Gasteiger partial charge is 0.319 e. The number of rotatable bonds is 5. The first-order chi connectivity index (χ1) is 12.1. The number of hydrogen-bond donors (Lipinski definition) is 2. The number of urea groups is 1. The molecular formula is C19H25N3O3. The number of benzene rings is 1. The van der Waals surface area contributed by atoms with Crippen molar-refractivity contribution in [3.63, 3.8) is 0 Å². The molecule has 0 saturated carbocycles. The molecule has 3 saturated heterocycles. The standard InChI is InChI=1S/C19H25N3O3/c1-4-13-12-22-6-5-14(13)7-16(22)11-20-19(23)21-15-8-17(24-2)10-18(9-15)25-3/h1,8-10,13-14,16H,5-7,11-12H2,2-3H3,(H2,20,21,23). The second-order valence-corrected chi connectivity index (χ2v) is 6.64. The molecule has 0 aromatic heterocycles. The summed E-state index contributed by atoms with van der Waals surface area (Å²) in [5, 5.41) is 5.80. The largest absolute Gasteiger partial charge is 0.497 e. The lowest BCUT2D eigenvalue weighted by Crippen LogP contribution is -2.56. The number of methoxy groups -OCH3 is 2. The Labute approximate surface area is 148 Å². The van der Waals surface area contributed by atoms with Crippen molar-refractivity contribution in [2.75, 3.05) is 39.2 Å². The normalized spacial score (nSPS) is 27.2. The van der Waals surface area contributed by atoms with Gasteiger partial charge in [-0.15, -0.1) is 12.3 Å². The molecule has 4 unspecified atom stereocenters. The second-order valence-electron chi connectivity index (χ2n) is 6.64. The van der Waals surface area contributed by atoms with Crippen molar-refractivity contribution in [2.45, 2.75) is 18.9 Å². The number of anilines is 1. The van der Waals surface area contributed by atoms with Gasteiger partial charge in [-0.05, 0) is 25.3 Å². The molecule has 25 heavy (non-hydrogen) atoms. The predicted molar refractivity (Wildman–Crippen MR) is 97.0 cm³/mol. The van der Waals surface area contributed by atoms with Crippen LogP contribution in [0.4, 0.5) is 10.5 Å². The van der Waals surface area contributed by atoms with Crippen LogP contribution in [0.5, 0.6) is 11.5 Å². The third-order valence-electron chi connectivity index (χ3n) is 5.20. The maximum atomic E-state index is 12.2. The number of carbonyl (C=O) groups excluding carboxylic acids is 1. The molecule has 3 aliphatic heterocycles. The van der Waals surface area contributed by atoms with Gasteiger partial charge in [0.2, 0.25) is 0 Å². The minimum absolute atomic E-state index is 0.230. The van der Waals surface area contributed by atoms with E-state index in [4.69, 9.17) is 15.9 Å². The van der Waals surface area contributed by atoms with Crippen LogP contribution in [0.25, 0.3) is 0 Å². The van der Waals surface area contributed by atoms with E-state index >= 15 is 0 Å². The number of terminal acetylenes is 1. The number of ether oxygens (including phenoxy) is 2. The first kappa shape index (κ1) is 17.4. The van der Waals surface area contributed by atoms with Crippen molar-refractivity contribution in [3.8, 4) is 23.8 Å². The van der Waals surface area contributed by atoms with E-state index in [0.717, 1.165) is 19.5 Å². The number of nitrogens with zero attached hydrogens (tertiary/aromatic N) is 1. The lowest BCUT2D eigenvalue weighted by molar-refractivity contribution is 0.0242. The molecule has 3 aliphatic rings. The summed E-state index contributed by atoms with van der Waals surface area (Å²) in [7, 11) is 3.16. The summed E-state index contributed by atoms with van der Waals surface area (Å²) in [5.41, 5.74) is 0.631. The van der Waals surface area contributed by atoms with Gasteiger partial charge in [0.05, 0.1) is 14.2 Å². The molecular weight excluding hydrogens is 318 g/mol. The summed E-state index contributed by atoms with van der Waals surface area (Å²) in [6.07, 6.45) is 7.84. The van der Waals surface area contributed by atoms with Gasteiger partial charge in [0.25, 0.3) is 0 Å². The van der Waals surface area contributed by atoms with E-state index in [1.807, 2.05) is 0 Å². The molecule has 6 heteroatoms. The molecule has 4 rings (SSSR count).